The molecule has 5 rings (SSSR count). The quantitative estimate of drug-likeness (QED) is 0.232. The lowest BCUT2D eigenvalue weighted by molar-refractivity contribution is -0.201. The number of hydrogen-bond acceptors (Lipinski definition) is 5. The number of ether oxygens (including phenoxy) is 1. The molecule has 5 aliphatic rings. The topological polar surface area (TPSA) is 72.9 Å². The zero-order valence-electron chi connectivity index (χ0n) is 25.0. The van der Waals surface area contributed by atoms with Gasteiger partial charge in [0.15, 0.2) is 0 Å². The molecule has 1 heterocycles. The summed E-state index contributed by atoms with van der Waals surface area (Å²) >= 11 is 0. The van der Waals surface area contributed by atoms with Crippen LogP contribution >= 0.6 is 0 Å². The van der Waals surface area contributed by atoms with Crippen LogP contribution in [-0.2, 0) is 24.0 Å². The molecule has 0 spiro atoms. The molecule has 2 amide bonds. The molecule has 4 aliphatic carbocycles. The summed E-state index contributed by atoms with van der Waals surface area (Å²) in [6.45, 7) is 12.2. The number of rotatable bonds is 9. The van der Waals surface area contributed by atoms with Crippen molar-refractivity contribution in [1.82, 2.24) is 5.06 Å². The Morgan fingerprint density at radius 1 is 1.00 bits per heavy atom. The van der Waals surface area contributed by atoms with Gasteiger partial charge in [0.25, 0.3) is 11.8 Å². The molecule has 0 bridgehead atoms. The number of carbonyl (C=O) groups is 3. The summed E-state index contributed by atoms with van der Waals surface area (Å²) in [5.74, 6) is 3.34. The standard InChI is InChI=1S/C33H51NO5/c1-21(2)7-6-8-22(3)26-11-12-27-25-10-9-23-19-24(15-17-32(23,4)28(25)16-18-33(26,27)5)38-20-31(37)39-34-29(35)13-14-30(34)36/h9,21-22,24-28H,6-8,10-20H2,1-5H3/t22-,24+,25+,26-,27+,28+,32+,33-/m1/s1. The van der Waals surface area contributed by atoms with Gasteiger partial charge in [0.1, 0.15) is 6.61 Å². The van der Waals surface area contributed by atoms with Gasteiger partial charge in [-0.3, -0.25) is 9.59 Å². The summed E-state index contributed by atoms with van der Waals surface area (Å²) in [5, 5.41) is 0.601. The van der Waals surface area contributed by atoms with Gasteiger partial charge in [0, 0.05) is 12.8 Å². The zero-order valence-corrected chi connectivity index (χ0v) is 25.0. The van der Waals surface area contributed by atoms with Crippen LogP contribution in [-0.4, -0.2) is 35.6 Å². The van der Waals surface area contributed by atoms with Gasteiger partial charge < -0.3 is 9.57 Å². The van der Waals surface area contributed by atoms with Crippen molar-refractivity contribution in [2.45, 2.75) is 124 Å². The van der Waals surface area contributed by atoms with E-state index in [2.05, 4.69) is 40.7 Å². The van der Waals surface area contributed by atoms with E-state index < -0.39 is 17.8 Å². The largest absolute Gasteiger partial charge is 0.366 e. The van der Waals surface area contributed by atoms with E-state index in [-0.39, 0.29) is 31.0 Å². The minimum Gasteiger partial charge on any atom is -0.366 e. The van der Waals surface area contributed by atoms with Crippen molar-refractivity contribution < 1.29 is 24.0 Å². The van der Waals surface area contributed by atoms with Gasteiger partial charge in [0.05, 0.1) is 6.10 Å². The van der Waals surface area contributed by atoms with Crippen LogP contribution in [0.3, 0.4) is 0 Å². The Kier molecular flexibility index (Phi) is 8.35. The van der Waals surface area contributed by atoms with Crippen LogP contribution in [0.1, 0.15) is 118 Å². The van der Waals surface area contributed by atoms with Crippen molar-refractivity contribution in [3.8, 4) is 0 Å². The fraction of sp³-hybridized carbons (Fsp3) is 0.848. The summed E-state index contributed by atoms with van der Waals surface area (Å²) in [4.78, 5) is 40.7. The molecule has 0 aromatic carbocycles. The van der Waals surface area contributed by atoms with Gasteiger partial charge in [0.2, 0.25) is 0 Å². The summed E-state index contributed by atoms with van der Waals surface area (Å²) in [5.41, 5.74) is 2.26. The Morgan fingerprint density at radius 2 is 1.74 bits per heavy atom. The Labute approximate surface area is 235 Å². The summed E-state index contributed by atoms with van der Waals surface area (Å²) in [6.07, 6.45) is 16.5. The lowest BCUT2D eigenvalue weighted by atomic mass is 9.47. The smallest absolute Gasteiger partial charge is 0.358 e. The van der Waals surface area contributed by atoms with Crippen molar-refractivity contribution in [3.05, 3.63) is 11.6 Å². The maximum absolute atomic E-state index is 12.3. The van der Waals surface area contributed by atoms with Crippen LogP contribution in [0.15, 0.2) is 11.6 Å². The maximum Gasteiger partial charge on any atom is 0.358 e. The maximum atomic E-state index is 12.3. The van der Waals surface area contributed by atoms with Crippen molar-refractivity contribution in [1.29, 1.82) is 0 Å². The predicted molar refractivity (Wildman–Crippen MR) is 150 cm³/mol. The molecule has 6 nitrogen and oxygen atoms in total. The normalized spacial score (nSPS) is 38.8. The predicted octanol–water partition coefficient (Wildman–Crippen LogP) is 7.02. The van der Waals surface area contributed by atoms with Gasteiger partial charge in [-0.2, -0.15) is 0 Å². The average molecular weight is 542 g/mol. The number of allylic oxidation sites excluding steroid dienone is 1. The molecule has 39 heavy (non-hydrogen) atoms. The Bertz CT molecular complexity index is 973. The van der Waals surface area contributed by atoms with Crippen molar-refractivity contribution in [2.75, 3.05) is 6.61 Å². The minimum atomic E-state index is -0.676. The second-order valence-corrected chi connectivity index (χ2v) is 14.5. The van der Waals surface area contributed by atoms with Gasteiger partial charge in [-0.1, -0.05) is 65.5 Å². The highest BCUT2D eigenvalue weighted by atomic mass is 16.7. The molecule has 0 radical (unpaired) electrons. The molecular weight excluding hydrogens is 490 g/mol. The SMILES string of the molecule is CC(C)CCC[C@@H](C)[C@H]1CC[C@H]2[C@@H]3CC=C4C[C@@H](OCC(=O)ON5C(=O)CCC5=O)CC[C@]4(C)[C@H]3CC[C@]12C. The van der Waals surface area contributed by atoms with Crippen molar-refractivity contribution >= 4 is 17.8 Å². The summed E-state index contributed by atoms with van der Waals surface area (Å²) in [7, 11) is 0. The van der Waals surface area contributed by atoms with Crippen molar-refractivity contribution in [2.24, 2.45) is 46.3 Å². The van der Waals surface area contributed by atoms with Crippen LogP contribution in [0.4, 0.5) is 0 Å². The van der Waals surface area contributed by atoms with Gasteiger partial charge in [-0.15, -0.1) is 5.06 Å². The third kappa shape index (κ3) is 5.48. The van der Waals surface area contributed by atoms with Crippen LogP contribution in [0.2, 0.25) is 0 Å². The highest BCUT2D eigenvalue weighted by Gasteiger charge is 2.59. The van der Waals surface area contributed by atoms with Crippen LogP contribution < -0.4 is 0 Å². The van der Waals surface area contributed by atoms with E-state index >= 15 is 0 Å². The molecule has 0 aromatic heterocycles. The van der Waals surface area contributed by atoms with E-state index in [1.54, 1.807) is 0 Å². The third-order valence-corrected chi connectivity index (χ3v) is 11.9. The lowest BCUT2D eigenvalue weighted by Gasteiger charge is -2.58. The van der Waals surface area contributed by atoms with Crippen LogP contribution in [0, 0.1) is 46.3 Å². The molecule has 8 atom stereocenters. The van der Waals surface area contributed by atoms with Crippen molar-refractivity contribution in [3.63, 3.8) is 0 Å². The number of carbonyl (C=O) groups excluding carboxylic acids is 3. The second kappa shape index (κ2) is 11.3. The lowest BCUT2D eigenvalue weighted by Crippen LogP contribution is -2.51. The van der Waals surface area contributed by atoms with Gasteiger partial charge in [-0.25, -0.2) is 4.79 Å². The fourth-order valence-electron chi connectivity index (χ4n) is 9.77. The molecule has 218 valence electrons. The van der Waals surface area contributed by atoms with Gasteiger partial charge in [-0.05, 0) is 97.7 Å². The van der Waals surface area contributed by atoms with Crippen LogP contribution in [0.5, 0.6) is 0 Å². The minimum absolute atomic E-state index is 0.0187. The molecule has 4 fully saturated rings. The monoisotopic (exact) mass is 541 g/mol. The second-order valence-electron chi connectivity index (χ2n) is 14.5. The summed E-state index contributed by atoms with van der Waals surface area (Å²) < 4.78 is 5.96. The number of hydrogen-bond donors (Lipinski definition) is 0. The highest BCUT2D eigenvalue weighted by Crippen LogP contribution is 2.67. The van der Waals surface area contributed by atoms with E-state index in [9.17, 15) is 14.4 Å². The molecular formula is C33H51NO5. The van der Waals surface area contributed by atoms with Crippen LogP contribution in [0.25, 0.3) is 0 Å². The molecule has 1 aliphatic heterocycles. The Morgan fingerprint density at radius 3 is 2.46 bits per heavy atom. The highest BCUT2D eigenvalue weighted by molar-refractivity contribution is 6.01. The number of imide groups is 1. The number of fused-ring (bicyclic) bond motifs is 5. The molecule has 3 saturated carbocycles. The third-order valence-electron chi connectivity index (χ3n) is 11.9. The van der Waals surface area contributed by atoms with Gasteiger partial charge >= 0.3 is 5.97 Å². The van der Waals surface area contributed by atoms with E-state index in [0.29, 0.717) is 10.5 Å². The molecule has 0 N–H and O–H groups in total. The number of hydroxylamine groups is 2. The number of nitrogens with zero attached hydrogens (tertiary/aromatic N) is 1. The Hall–Kier alpha value is -1.69. The first kappa shape index (κ1) is 28.8. The molecule has 0 unspecified atom stereocenters. The summed E-state index contributed by atoms with van der Waals surface area (Å²) in [6, 6.07) is 0. The Balaban J connectivity index is 1.18. The zero-order chi connectivity index (χ0) is 27.9. The average Bonchev–Trinajstić information content (AvgIpc) is 3.41. The van der Waals surface area contributed by atoms with E-state index in [1.165, 1.54) is 56.9 Å². The van der Waals surface area contributed by atoms with E-state index in [1.807, 2.05) is 0 Å². The first-order chi connectivity index (χ1) is 18.5. The van der Waals surface area contributed by atoms with E-state index in [4.69, 9.17) is 9.57 Å². The molecule has 6 heteroatoms. The fourth-order valence-corrected chi connectivity index (χ4v) is 9.77. The number of amides is 2. The first-order valence-corrected chi connectivity index (χ1v) is 15.9. The molecule has 0 aromatic rings. The first-order valence-electron chi connectivity index (χ1n) is 15.9. The molecule has 1 saturated heterocycles. The van der Waals surface area contributed by atoms with E-state index in [0.717, 1.165) is 54.8 Å².